The van der Waals surface area contributed by atoms with Crippen molar-refractivity contribution >= 4 is 0 Å². The minimum Gasteiger partial charge on any atom is -0.381 e. The minimum atomic E-state index is -4.66. The largest absolute Gasteiger partial charge is 0.419 e. The van der Waals surface area contributed by atoms with Gasteiger partial charge in [-0.05, 0) is 30.5 Å². The Hall–Kier alpha value is -1.18. The molecule has 23 heavy (non-hydrogen) atoms. The predicted molar refractivity (Wildman–Crippen MR) is 79.6 cm³/mol. The second-order valence-electron chi connectivity index (χ2n) is 5.77. The van der Waals surface area contributed by atoms with Gasteiger partial charge in [-0.25, -0.2) is 4.39 Å². The van der Waals surface area contributed by atoms with Crippen LogP contribution in [0.3, 0.4) is 0 Å². The minimum absolute atomic E-state index is 0.290. The molecule has 0 spiro atoms. The fraction of sp³-hybridized carbons (Fsp3) is 0.625. The number of benzene rings is 1. The molecule has 130 valence electrons. The van der Waals surface area contributed by atoms with Gasteiger partial charge in [-0.2, -0.15) is 13.2 Å². The van der Waals surface area contributed by atoms with E-state index in [4.69, 9.17) is 4.74 Å². The van der Waals surface area contributed by atoms with Crippen LogP contribution >= 0.6 is 0 Å². The number of ether oxygens (including phenoxy) is 1. The molecule has 1 aromatic rings. The number of nitrogens with one attached hydrogen (secondary N) is 1. The van der Waals surface area contributed by atoms with Gasteiger partial charge in [0.15, 0.2) is 0 Å². The van der Waals surface area contributed by atoms with Crippen LogP contribution < -0.4 is 5.32 Å². The van der Waals surface area contributed by atoms with Gasteiger partial charge in [-0.3, -0.25) is 0 Å². The average molecular weight is 334 g/mol. The van der Waals surface area contributed by atoms with E-state index in [-0.39, 0.29) is 6.54 Å². The summed E-state index contributed by atoms with van der Waals surface area (Å²) in [5, 5.41) is 3.11. The summed E-state index contributed by atoms with van der Waals surface area (Å²) >= 11 is 0. The molecule has 1 heterocycles. The summed E-state index contributed by atoms with van der Waals surface area (Å²) in [4.78, 5) is 2.30. The lowest BCUT2D eigenvalue weighted by molar-refractivity contribution is -0.140. The van der Waals surface area contributed by atoms with E-state index >= 15 is 0 Å². The van der Waals surface area contributed by atoms with Gasteiger partial charge < -0.3 is 15.0 Å². The number of alkyl halides is 3. The highest BCUT2D eigenvalue weighted by Gasteiger charge is 2.34. The SMILES string of the molecule is COC1CCN(CCNCc2ccc(F)c(C(F)(F)F)c2)CC1. The lowest BCUT2D eigenvalue weighted by atomic mass is 10.1. The fourth-order valence-corrected chi connectivity index (χ4v) is 2.74. The molecule has 0 aliphatic carbocycles. The molecule has 0 unspecified atom stereocenters. The van der Waals surface area contributed by atoms with Crippen LogP contribution in [0.2, 0.25) is 0 Å². The molecule has 1 fully saturated rings. The molecule has 1 aliphatic rings. The molecule has 0 saturated carbocycles. The number of nitrogens with zero attached hydrogens (tertiary/aromatic N) is 1. The fourth-order valence-electron chi connectivity index (χ4n) is 2.74. The Morgan fingerprint density at radius 2 is 1.96 bits per heavy atom. The molecule has 2 rings (SSSR count). The summed E-state index contributed by atoms with van der Waals surface area (Å²) in [5.74, 6) is -1.23. The molecule has 1 N–H and O–H groups in total. The van der Waals surface area contributed by atoms with Crippen molar-refractivity contribution in [2.24, 2.45) is 0 Å². The molecule has 0 radical (unpaired) electrons. The summed E-state index contributed by atoms with van der Waals surface area (Å²) in [6.45, 7) is 3.74. The normalized spacial score (nSPS) is 17.6. The predicted octanol–water partition coefficient (Wildman–Crippen LogP) is 3.04. The van der Waals surface area contributed by atoms with Gasteiger partial charge in [0.1, 0.15) is 5.82 Å². The molecule has 1 aliphatic heterocycles. The number of hydrogen-bond acceptors (Lipinski definition) is 3. The molecule has 0 bridgehead atoms. The van der Waals surface area contributed by atoms with Gasteiger partial charge in [-0.1, -0.05) is 6.07 Å². The zero-order valence-corrected chi connectivity index (χ0v) is 13.1. The first-order valence-electron chi connectivity index (χ1n) is 7.71. The van der Waals surface area contributed by atoms with Gasteiger partial charge in [-0.15, -0.1) is 0 Å². The molecule has 3 nitrogen and oxygen atoms in total. The van der Waals surface area contributed by atoms with Crippen molar-refractivity contribution in [2.75, 3.05) is 33.3 Å². The monoisotopic (exact) mass is 334 g/mol. The van der Waals surface area contributed by atoms with Crippen molar-refractivity contribution in [3.05, 3.63) is 35.1 Å². The average Bonchev–Trinajstić information content (AvgIpc) is 2.52. The van der Waals surface area contributed by atoms with Gasteiger partial charge in [0.05, 0.1) is 11.7 Å². The van der Waals surface area contributed by atoms with E-state index in [2.05, 4.69) is 10.2 Å². The van der Waals surface area contributed by atoms with Gasteiger partial charge in [0.2, 0.25) is 0 Å². The summed E-state index contributed by atoms with van der Waals surface area (Å²) in [6, 6.07) is 3.11. The van der Waals surface area contributed by atoms with Crippen LogP contribution in [-0.4, -0.2) is 44.3 Å². The quantitative estimate of drug-likeness (QED) is 0.639. The van der Waals surface area contributed by atoms with Crippen molar-refractivity contribution in [2.45, 2.75) is 31.7 Å². The Bertz CT molecular complexity index is 499. The number of piperidine rings is 1. The summed E-state index contributed by atoms with van der Waals surface area (Å²) < 4.78 is 56.4. The Morgan fingerprint density at radius 1 is 1.26 bits per heavy atom. The Balaban J connectivity index is 1.75. The van der Waals surface area contributed by atoms with Crippen LogP contribution in [0, 0.1) is 5.82 Å². The topological polar surface area (TPSA) is 24.5 Å². The van der Waals surface area contributed by atoms with E-state index in [1.807, 2.05) is 0 Å². The van der Waals surface area contributed by atoms with Crippen molar-refractivity contribution in [3.8, 4) is 0 Å². The van der Waals surface area contributed by atoms with Crippen LogP contribution in [0.15, 0.2) is 18.2 Å². The third kappa shape index (κ3) is 5.44. The maximum Gasteiger partial charge on any atom is 0.419 e. The third-order valence-corrected chi connectivity index (χ3v) is 4.14. The van der Waals surface area contributed by atoms with Crippen LogP contribution in [-0.2, 0) is 17.5 Å². The zero-order valence-electron chi connectivity index (χ0n) is 13.1. The van der Waals surface area contributed by atoms with Crippen molar-refractivity contribution in [1.29, 1.82) is 0 Å². The smallest absolute Gasteiger partial charge is 0.381 e. The lowest BCUT2D eigenvalue weighted by Gasteiger charge is -2.31. The van der Waals surface area contributed by atoms with Crippen molar-refractivity contribution in [3.63, 3.8) is 0 Å². The molecule has 0 amide bonds. The number of likely N-dealkylation sites (tertiary alicyclic amines) is 1. The molecular weight excluding hydrogens is 312 g/mol. The van der Waals surface area contributed by atoms with E-state index in [0.717, 1.165) is 44.6 Å². The Labute approximate surface area is 133 Å². The van der Waals surface area contributed by atoms with E-state index in [1.54, 1.807) is 7.11 Å². The van der Waals surface area contributed by atoms with Gasteiger partial charge in [0.25, 0.3) is 0 Å². The first-order valence-corrected chi connectivity index (χ1v) is 7.71. The van der Waals surface area contributed by atoms with E-state index in [0.29, 0.717) is 18.2 Å². The van der Waals surface area contributed by atoms with Crippen LogP contribution in [0.5, 0.6) is 0 Å². The molecule has 0 atom stereocenters. The van der Waals surface area contributed by atoms with Crippen LogP contribution in [0.25, 0.3) is 0 Å². The highest BCUT2D eigenvalue weighted by molar-refractivity contribution is 5.27. The second kappa shape index (κ2) is 8.08. The van der Waals surface area contributed by atoms with Crippen molar-refractivity contribution < 1.29 is 22.3 Å². The second-order valence-corrected chi connectivity index (χ2v) is 5.77. The van der Waals surface area contributed by atoms with Gasteiger partial charge >= 0.3 is 6.18 Å². The van der Waals surface area contributed by atoms with E-state index in [9.17, 15) is 17.6 Å². The highest BCUT2D eigenvalue weighted by Crippen LogP contribution is 2.31. The number of rotatable bonds is 6. The van der Waals surface area contributed by atoms with Crippen molar-refractivity contribution in [1.82, 2.24) is 10.2 Å². The molecule has 7 heteroatoms. The Kier molecular flexibility index (Phi) is 6.38. The molecule has 0 aromatic heterocycles. The maximum absolute atomic E-state index is 13.2. The first kappa shape index (κ1) is 18.2. The van der Waals surface area contributed by atoms with E-state index < -0.39 is 17.6 Å². The summed E-state index contributed by atoms with van der Waals surface area (Å²) in [6.07, 6.45) is -2.32. The summed E-state index contributed by atoms with van der Waals surface area (Å²) in [7, 11) is 1.72. The van der Waals surface area contributed by atoms with Crippen LogP contribution in [0.1, 0.15) is 24.0 Å². The Morgan fingerprint density at radius 3 is 2.57 bits per heavy atom. The van der Waals surface area contributed by atoms with E-state index in [1.165, 1.54) is 6.07 Å². The lowest BCUT2D eigenvalue weighted by Crippen LogP contribution is -2.40. The zero-order chi connectivity index (χ0) is 16.9. The number of methoxy groups -OCH3 is 1. The maximum atomic E-state index is 13.2. The van der Waals surface area contributed by atoms with Gasteiger partial charge in [0, 0.05) is 39.8 Å². The van der Waals surface area contributed by atoms with Crippen LogP contribution in [0.4, 0.5) is 17.6 Å². The third-order valence-electron chi connectivity index (χ3n) is 4.14. The number of hydrogen-bond donors (Lipinski definition) is 1. The molecular formula is C16H22F4N2O. The molecule has 1 saturated heterocycles. The standard InChI is InChI=1S/C16H22F4N2O/c1-23-13-4-7-22(8-5-13)9-6-21-11-12-2-3-15(17)14(10-12)16(18,19)20/h2-3,10,13,21H,4-9,11H2,1H3. The highest BCUT2D eigenvalue weighted by atomic mass is 19.4. The first-order chi connectivity index (χ1) is 10.9. The summed E-state index contributed by atoms with van der Waals surface area (Å²) in [5.41, 5.74) is -0.782. The molecule has 1 aromatic carbocycles. The number of halogens is 4.